The number of fused-ring (bicyclic) bond motifs is 2. The van der Waals surface area contributed by atoms with Crippen molar-refractivity contribution >= 4 is 57.1 Å². The van der Waals surface area contributed by atoms with E-state index in [1.165, 1.54) is 32.7 Å². The molecule has 0 saturated heterocycles. The molecule has 12 heteroatoms. The van der Waals surface area contributed by atoms with Crippen LogP contribution in [0.1, 0.15) is 40.5 Å². The Hall–Kier alpha value is -3.64. The second-order valence-electron chi connectivity index (χ2n) is 10.1. The van der Waals surface area contributed by atoms with Crippen molar-refractivity contribution in [1.29, 1.82) is 0 Å². The van der Waals surface area contributed by atoms with E-state index in [2.05, 4.69) is 10.6 Å². The summed E-state index contributed by atoms with van der Waals surface area (Å²) in [4.78, 5) is 61.7. The van der Waals surface area contributed by atoms with Gasteiger partial charge in [0.15, 0.2) is 10.3 Å². The number of nitrogens with zero attached hydrogens (tertiary/aromatic N) is 4. The van der Waals surface area contributed by atoms with Gasteiger partial charge in [-0.25, -0.2) is 9.97 Å². The van der Waals surface area contributed by atoms with Gasteiger partial charge in [-0.3, -0.25) is 28.3 Å². The molecule has 4 rings (SSSR count). The van der Waals surface area contributed by atoms with Crippen LogP contribution in [0.3, 0.4) is 0 Å². The van der Waals surface area contributed by atoms with E-state index in [0.717, 1.165) is 12.8 Å². The van der Waals surface area contributed by atoms with Gasteiger partial charge < -0.3 is 10.6 Å². The zero-order valence-corrected chi connectivity index (χ0v) is 25.9. The molecule has 2 amide bonds. The number of aromatic nitrogens is 4. The minimum absolute atomic E-state index is 0.0420. The number of carbonyl (C=O) groups excluding carboxylic acids is 2. The normalized spacial score (nSPS) is 12.8. The molecule has 0 fully saturated rings. The molecular formula is C30H36N6O4S2. The van der Waals surface area contributed by atoms with Crippen molar-refractivity contribution in [2.45, 2.75) is 76.0 Å². The molecular weight excluding hydrogens is 573 g/mol. The van der Waals surface area contributed by atoms with Gasteiger partial charge in [0.1, 0.15) is 0 Å². The van der Waals surface area contributed by atoms with Gasteiger partial charge in [0.05, 0.1) is 33.3 Å². The summed E-state index contributed by atoms with van der Waals surface area (Å²) in [6.45, 7) is 8.11. The van der Waals surface area contributed by atoms with E-state index in [-0.39, 0.29) is 59.6 Å². The second kappa shape index (κ2) is 14.5. The maximum absolute atomic E-state index is 13.6. The third kappa shape index (κ3) is 7.60. The molecule has 0 saturated carbocycles. The molecule has 2 N–H and O–H groups in total. The molecule has 4 aromatic rings. The lowest BCUT2D eigenvalue weighted by Crippen LogP contribution is -2.34. The van der Waals surface area contributed by atoms with Crippen LogP contribution in [0.5, 0.6) is 0 Å². The first-order chi connectivity index (χ1) is 20.2. The number of hydrogen-bond donors (Lipinski definition) is 2. The third-order valence-electron chi connectivity index (χ3n) is 6.90. The minimum atomic E-state index is -0.255. The van der Waals surface area contributed by atoms with Crippen LogP contribution in [-0.2, 0) is 22.7 Å². The fourth-order valence-electron chi connectivity index (χ4n) is 4.21. The number of para-hydroxylation sites is 2. The number of benzene rings is 2. The van der Waals surface area contributed by atoms with Crippen LogP contribution in [0.15, 0.2) is 68.4 Å². The first-order valence-corrected chi connectivity index (χ1v) is 16.0. The van der Waals surface area contributed by atoms with Gasteiger partial charge in [0.25, 0.3) is 11.1 Å². The summed E-state index contributed by atoms with van der Waals surface area (Å²) in [5, 5.41) is 7.55. The Morgan fingerprint density at radius 1 is 0.714 bits per heavy atom. The Balaban J connectivity index is 1.67. The summed E-state index contributed by atoms with van der Waals surface area (Å²) >= 11 is 2.37. The lowest BCUT2D eigenvalue weighted by molar-refractivity contribution is -0.120. The highest BCUT2D eigenvalue weighted by atomic mass is 32.2. The number of rotatable bonds is 13. The fraction of sp³-hybridized carbons (Fsp3) is 0.400. The number of amides is 2. The average Bonchev–Trinajstić information content (AvgIpc) is 2.99. The summed E-state index contributed by atoms with van der Waals surface area (Å²) in [6, 6.07) is 14.2. The standard InChI is InChI=1S/C30H36N6O4S2/c1-5-19(3)31-25(37)17-41-29-33-23-13-9-7-11-21(23)27(39)35(29)15-16-36-28(40)22-12-8-10-14-24(22)34-30(36)42-18-26(38)32-20(4)6-2/h7-14,19-20H,5-6,15-18H2,1-4H3,(H,31,37)(H,32,38)/t19-,20-/m0/s1. The number of nitrogens with one attached hydrogen (secondary N) is 2. The predicted octanol–water partition coefficient (Wildman–Crippen LogP) is 3.82. The summed E-state index contributed by atoms with van der Waals surface area (Å²) < 4.78 is 3.02. The Labute approximate surface area is 252 Å². The van der Waals surface area contributed by atoms with Crippen LogP contribution < -0.4 is 21.8 Å². The first kappa shape index (κ1) is 31.3. The fourth-order valence-corrected chi connectivity index (χ4v) is 5.88. The maximum atomic E-state index is 13.6. The zero-order chi connectivity index (χ0) is 30.2. The Morgan fingerprint density at radius 3 is 1.48 bits per heavy atom. The van der Waals surface area contributed by atoms with E-state index in [9.17, 15) is 19.2 Å². The summed E-state index contributed by atoms with van der Waals surface area (Å²) in [5.41, 5.74) is 0.567. The molecule has 2 atom stereocenters. The molecule has 0 aliphatic rings. The maximum Gasteiger partial charge on any atom is 0.262 e. The van der Waals surface area contributed by atoms with Crippen molar-refractivity contribution in [3.63, 3.8) is 0 Å². The van der Waals surface area contributed by atoms with E-state index in [1.54, 1.807) is 36.4 Å². The third-order valence-corrected chi connectivity index (χ3v) is 8.86. The largest absolute Gasteiger partial charge is 0.353 e. The summed E-state index contributed by atoms with van der Waals surface area (Å²) in [5.74, 6) is -0.0990. The van der Waals surface area contributed by atoms with Gasteiger partial charge in [-0.15, -0.1) is 0 Å². The molecule has 0 unspecified atom stereocenters. The molecule has 0 aliphatic heterocycles. The minimum Gasteiger partial charge on any atom is -0.353 e. The second-order valence-corrected chi connectivity index (χ2v) is 12.0. The van der Waals surface area contributed by atoms with Crippen molar-refractivity contribution in [3.05, 3.63) is 69.2 Å². The van der Waals surface area contributed by atoms with Crippen molar-refractivity contribution in [2.24, 2.45) is 0 Å². The van der Waals surface area contributed by atoms with Crippen molar-refractivity contribution in [2.75, 3.05) is 11.5 Å². The Kier molecular flexibility index (Phi) is 10.8. The van der Waals surface area contributed by atoms with Crippen LogP contribution in [0, 0.1) is 0 Å². The van der Waals surface area contributed by atoms with Gasteiger partial charge in [-0.2, -0.15) is 0 Å². The van der Waals surface area contributed by atoms with Crippen LogP contribution >= 0.6 is 23.5 Å². The van der Waals surface area contributed by atoms with Gasteiger partial charge in [-0.05, 0) is 51.0 Å². The smallest absolute Gasteiger partial charge is 0.262 e. The van der Waals surface area contributed by atoms with Gasteiger partial charge in [-0.1, -0.05) is 61.6 Å². The van der Waals surface area contributed by atoms with Gasteiger partial charge in [0, 0.05) is 25.2 Å². The highest BCUT2D eigenvalue weighted by molar-refractivity contribution is 8.00. The molecule has 0 spiro atoms. The zero-order valence-electron chi connectivity index (χ0n) is 24.3. The van der Waals surface area contributed by atoms with Crippen LogP contribution in [0.4, 0.5) is 0 Å². The summed E-state index contributed by atoms with van der Waals surface area (Å²) in [7, 11) is 0. The molecule has 10 nitrogen and oxygen atoms in total. The highest BCUT2D eigenvalue weighted by Gasteiger charge is 2.18. The molecule has 0 bridgehead atoms. The average molecular weight is 609 g/mol. The summed E-state index contributed by atoms with van der Waals surface area (Å²) in [6.07, 6.45) is 1.62. The predicted molar refractivity (Wildman–Crippen MR) is 169 cm³/mol. The first-order valence-electron chi connectivity index (χ1n) is 14.0. The van der Waals surface area contributed by atoms with Crippen LogP contribution in [-0.4, -0.2) is 54.5 Å². The van der Waals surface area contributed by atoms with Gasteiger partial charge in [0.2, 0.25) is 11.8 Å². The van der Waals surface area contributed by atoms with Crippen LogP contribution in [0.25, 0.3) is 21.8 Å². The monoisotopic (exact) mass is 608 g/mol. The van der Waals surface area contributed by atoms with E-state index >= 15 is 0 Å². The van der Waals surface area contributed by atoms with Crippen LogP contribution in [0.2, 0.25) is 0 Å². The van der Waals surface area contributed by atoms with Crippen molar-refractivity contribution < 1.29 is 9.59 Å². The van der Waals surface area contributed by atoms with E-state index in [1.807, 2.05) is 39.8 Å². The topological polar surface area (TPSA) is 128 Å². The Bertz CT molecular complexity index is 1580. The quantitative estimate of drug-likeness (QED) is 0.173. The SMILES string of the molecule is CC[C@H](C)NC(=O)CSc1nc2ccccc2c(=O)n1CCn1c(SCC(=O)N[C@@H](C)CC)nc2ccccc2c1=O. The van der Waals surface area contributed by atoms with E-state index < -0.39 is 0 Å². The number of carbonyl (C=O) groups is 2. The molecule has 42 heavy (non-hydrogen) atoms. The molecule has 222 valence electrons. The van der Waals surface area contributed by atoms with E-state index in [4.69, 9.17) is 9.97 Å². The van der Waals surface area contributed by atoms with Gasteiger partial charge >= 0.3 is 0 Å². The van der Waals surface area contributed by atoms with Crippen molar-refractivity contribution in [1.82, 2.24) is 29.7 Å². The molecule has 2 heterocycles. The lowest BCUT2D eigenvalue weighted by Gasteiger charge is -2.17. The highest BCUT2D eigenvalue weighted by Crippen LogP contribution is 2.20. The number of thioether (sulfide) groups is 2. The van der Waals surface area contributed by atoms with E-state index in [0.29, 0.717) is 32.1 Å². The van der Waals surface area contributed by atoms with Crippen molar-refractivity contribution in [3.8, 4) is 0 Å². The molecule has 0 radical (unpaired) electrons. The Morgan fingerprint density at radius 2 is 1.10 bits per heavy atom. The molecule has 2 aromatic carbocycles. The number of hydrogen-bond acceptors (Lipinski definition) is 8. The lowest BCUT2D eigenvalue weighted by atomic mass is 10.2. The molecule has 0 aliphatic carbocycles. The molecule has 2 aromatic heterocycles.